The largest absolute Gasteiger partial charge is 0.396 e. The summed E-state index contributed by atoms with van der Waals surface area (Å²) in [7, 11) is 0. The van der Waals surface area contributed by atoms with Crippen molar-refractivity contribution in [3.63, 3.8) is 0 Å². The molecule has 1 amide bonds. The molecule has 0 aromatic rings. The van der Waals surface area contributed by atoms with Crippen LogP contribution in [0.2, 0.25) is 0 Å². The molecule has 0 spiro atoms. The van der Waals surface area contributed by atoms with Crippen LogP contribution in [0.1, 0.15) is 46.5 Å². The molecule has 0 saturated carbocycles. The van der Waals surface area contributed by atoms with Gasteiger partial charge in [0, 0.05) is 18.6 Å². The Balaban J connectivity index is 3.79. The third kappa shape index (κ3) is 5.22. The molecular formula is C11H23NO2. The lowest BCUT2D eigenvalue weighted by molar-refractivity contribution is -0.125. The fourth-order valence-corrected chi connectivity index (χ4v) is 1.49. The highest BCUT2D eigenvalue weighted by molar-refractivity contribution is 5.78. The smallest absolute Gasteiger partial charge is 0.223 e. The molecule has 0 aromatic carbocycles. The Morgan fingerprint density at radius 1 is 1.36 bits per heavy atom. The predicted molar refractivity (Wildman–Crippen MR) is 58.0 cm³/mol. The summed E-state index contributed by atoms with van der Waals surface area (Å²) in [5.41, 5.74) is 0. The van der Waals surface area contributed by atoms with Crippen LogP contribution in [0.3, 0.4) is 0 Å². The minimum absolute atomic E-state index is 0.145. The molecule has 14 heavy (non-hydrogen) atoms. The molecule has 84 valence electrons. The maximum absolute atomic E-state index is 11.6. The normalized spacial score (nSPS) is 12.9. The molecule has 0 fully saturated rings. The summed E-state index contributed by atoms with van der Waals surface area (Å²) in [6.45, 7) is 6.25. The van der Waals surface area contributed by atoms with E-state index in [1.54, 1.807) is 0 Å². The zero-order valence-electron chi connectivity index (χ0n) is 9.55. The molecule has 0 rings (SSSR count). The van der Waals surface area contributed by atoms with Crippen LogP contribution < -0.4 is 5.32 Å². The van der Waals surface area contributed by atoms with Crippen LogP contribution in [-0.4, -0.2) is 23.7 Å². The second-order valence-electron chi connectivity index (χ2n) is 3.79. The molecule has 0 aliphatic heterocycles. The molecule has 3 heteroatoms. The maximum atomic E-state index is 11.6. The SMILES string of the molecule is CCC(CC)C(=O)NC(C)CCCO. The van der Waals surface area contributed by atoms with Crippen LogP contribution in [0, 0.1) is 5.92 Å². The van der Waals surface area contributed by atoms with Gasteiger partial charge in [-0.3, -0.25) is 4.79 Å². The van der Waals surface area contributed by atoms with Crippen LogP contribution in [0.25, 0.3) is 0 Å². The summed E-state index contributed by atoms with van der Waals surface area (Å²) in [4.78, 5) is 11.6. The van der Waals surface area contributed by atoms with E-state index in [0.717, 1.165) is 25.7 Å². The first kappa shape index (κ1) is 13.4. The van der Waals surface area contributed by atoms with E-state index in [2.05, 4.69) is 5.32 Å². The van der Waals surface area contributed by atoms with Crippen molar-refractivity contribution in [3.8, 4) is 0 Å². The second-order valence-corrected chi connectivity index (χ2v) is 3.79. The van der Waals surface area contributed by atoms with Gasteiger partial charge >= 0.3 is 0 Å². The monoisotopic (exact) mass is 201 g/mol. The van der Waals surface area contributed by atoms with Crippen molar-refractivity contribution in [1.82, 2.24) is 5.32 Å². The Morgan fingerprint density at radius 2 is 1.93 bits per heavy atom. The lowest BCUT2D eigenvalue weighted by atomic mass is 10.0. The predicted octanol–water partition coefficient (Wildman–Crippen LogP) is 1.70. The summed E-state index contributed by atoms with van der Waals surface area (Å²) in [5.74, 6) is 0.298. The van der Waals surface area contributed by atoms with Crippen molar-refractivity contribution >= 4 is 5.91 Å². The average Bonchev–Trinajstić information content (AvgIpc) is 2.16. The minimum Gasteiger partial charge on any atom is -0.396 e. The van der Waals surface area contributed by atoms with Crippen molar-refractivity contribution in [2.24, 2.45) is 5.92 Å². The van der Waals surface area contributed by atoms with Crippen LogP contribution in [0.15, 0.2) is 0 Å². The van der Waals surface area contributed by atoms with E-state index < -0.39 is 0 Å². The highest BCUT2D eigenvalue weighted by Crippen LogP contribution is 2.08. The number of carbonyl (C=O) groups is 1. The van der Waals surface area contributed by atoms with Crippen LogP contribution in [-0.2, 0) is 4.79 Å². The van der Waals surface area contributed by atoms with Crippen LogP contribution in [0.4, 0.5) is 0 Å². The van der Waals surface area contributed by atoms with Gasteiger partial charge in [-0.25, -0.2) is 0 Å². The molecule has 1 unspecified atom stereocenters. The van der Waals surface area contributed by atoms with E-state index in [0.29, 0.717) is 0 Å². The number of hydrogen-bond donors (Lipinski definition) is 2. The molecule has 0 aromatic heterocycles. The summed E-state index contributed by atoms with van der Waals surface area (Å²) in [6, 6.07) is 0.176. The first-order chi connectivity index (χ1) is 6.65. The summed E-state index contributed by atoms with van der Waals surface area (Å²) >= 11 is 0. The van der Waals surface area contributed by atoms with Crippen molar-refractivity contribution in [2.45, 2.75) is 52.5 Å². The number of rotatable bonds is 7. The molecule has 0 heterocycles. The van der Waals surface area contributed by atoms with Crippen molar-refractivity contribution < 1.29 is 9.90 Å². The molecular weight excluding hydrogens is 178 g/mol. The zero-order valence-corrected chi connectivity index (χ0v) is 9.55. The standard InChI is InChI=1S/C11H23NO2/c1-4-10(5-2)11(14)12-9(3)7-6-8-13/h9-10,13H,4-8H2,1-3H3,(H,12,14). The number of aliphatic hydroxyl groups excluding tert-OH is 1. The second kappa shape index (κ2) is 7.80. The Morgan fingerprint density at radius 3 is 2.36 bits per heavy atom. The van der Waals surface area contributed by atoms with E-state index in [1.165, 1.54) is 0 Å². The van der Waals surface area contributed by atoms with Gasteiger partial charge < -0.3 is 10.4 Å². The van der Waals surface area contributed by atoms with E-state index in [4.69, 9.17) is 5.11 Å². The zero-order chi connectivity index (χ0) is 11.0. The molecule has 0 radical (unpaired) electrons. The van der Waals surface area contributed by atoms with Crippen LogP contribution >= 0.6 is 0 Å². The molecule has 0 aliphatic carbocycles. The maximum Gasteiger partial charge on any atom is 0.223 e. The van der Waals surface area contributed by atoms with Crippen LogP contribution in [0.5, 0.6) is 0 Å². The van der Waals surface area contributed by atoms with Gasteiger partial charge in [-0.15, -0.1) is 0 Å². The molecule has 2 N–H and O–H groups in total. The van der Waals surface area contributed by atoms with Gasteiger partial charge in [-0.2, -0.15) is 0 Å². The molecule has 3 nitrogen and oxygen atoms in total. The highest BCUT2D eigenvalue weighted by atomic mass is 16.2. The summed E-state index contributed by atoms with van der Waals surface area (Å²) < 4.78 is 0. The average molecular weight is 201 g/mol. The number of nitrogens with one attached hydrogen (secondary N) is 1. The summed E-state index contributed by atoms with van der Waals surface area (Å²) in [6.07, 6.45) is 3.40. The first-order valence-corrected chi connectivity index (χ1v) is 5.56. The topological polar surface area (TPSA) is 49.3 Å². The van der Waals surface area contributed by atoms with E-state index >= 15 is 0 Å². The number of aliphatic hydroxyl groups is 1. The van der Waals surface area contributed by atoms with Gasteiger partial charge in [0.1, 0.15) is 0 Å². The summed E-state index contributed by atoms with van der Waals surface area (Å²) in [5, 5.41) is 11.6. The number of carbonyl (C=O) groups excluding carboxylic acids is 1. The van der Waals surface area contributed by atoms with Gasteiger partial charge in [0.05, 0.1) is 0 Å². The van der Waals surface area contributed by atoms with Gasteiger partial charge in [-0.1, -0.05) is 13.8 Å². The van der Waals surface area contributed by atoms with E-state index in [-0.39, 0.29) is 24.5 Å². The quantitative estimate of drug-likeness (QED) is 0.658. The molecule has 1 atom stereocenters. The lowest BCUT2D eigenvalue weighted by Gasteiger charge is -2.17. The van der Waals surface area contributed by atoms with E-state index in [1.807, 2.05) is 20.8 Å². The fraction of sp³-hybridized carbons (Fsp3) is 0.909. The third-order valence-corrected chi connectivity index (χ3v) is 2.54. The number of hydrogen-bond acceptors (Lipinski definition) is 2. The van der Waals surface area contributed by atoms with Crippen molar-refractivity contribution in [1.29, 1.82) is 0 Å². The molecule has 0 saturated heterocycles. The highest BCUT2D eigenvalue weighted by Gasteiger charge is 2.15. The third-order valence-electron chi connectivity index (χ3n) is 2.54. The lowest BCUT2D eigenvalue weighted by Crippen LogP contribution is -2.37. The van der Waals surface area contributed by atoms with Gasteiger partial charge in [-0.05, 0) is 32.6 Å². The van der Waals surface area contributed by atoms with Crippen molar-refractivity contribution in [3.05, 3.63) is 0 Å². The number of amides is 1. The van der Waals surface area contributed by atoms with Crippen molar-refractivity contribution in [2.75, 3.05) is 6.61 Å². The Kier molecular flexibility index (Phi) is 7.48. The van der Waals surface area contributed by atoms with Gasteiger partial charge in [0.2, 0.25) is 5.91 Å². The Labute approximate surface area is 86.9 Å². The fourth-order valence-electron chi connectivity index (χ4n) is 1.49. The molecule has 0 aliphatic rings. The minimum atomic E-state index is 0.145. The Hall–Kier alpha value is -0.570. The van der Waals surface area contributed by atoms with E-state index in [9.17, 15) is 4.79 Å². The Bertz CT molecular complexity index is 155. The molecule has 0 bridgehead atoms. The first-order valence-electron chi connectivity index (χ1n) is 5.56. The van der Waals surface area contributed by atoms with Gasteiger partial charge in [0.15, 0.2) is 0 Å². The van der Waals surface area contributed by atoms with Gasteiger partial charge in [0.25, 0.3) is 0 Å².